The number of nitrogens with one attached hydrogen (secondary N) is 1. The summed E-state index contributed by atoms with van der Waals surface area (Å²) in [6.45, 7) is 3.87. The lowest BCUT2D eigenvalue weighted by molar-refractivity contribution is 0.500. The Hall–Kier alpha value is -1.16. The van der Waals surface area contributed by atoms with Crippen molar-refractivity contribution in [2.24, 2.45) is 11.1 Å². The third-order valence-electron chi connectivity index (χ3n) is 3.36. The average Bonchev–Trinajstić information content (AvgIpc) is 3.08. The molecule has 4 nitrogen and oxygen atoms in total. The summed E-state index contributed by atoms with van der Waals surface area (Å²) in [4.78, 5) is 8.41. The molecule has 16 heavy (non-hydrogen) atoms. The summed E-state index contributed by atoms with van der Waals surface area (Å²) >= 11 is 0. The van der Waals surface area contributed by atoms with E-state index in [0.29, 0.717) is 5.41 Å². The highest BCUT2D eigenvalue weighted by Crippen LogP contribution is 2.48. The maximum atomic E-state index is 5.62. The maximum Gasteiger partial charge on any atom is 0.129 e. The Morgan fingerprint density at radius 2 is 2.25 bits per heavy atom. The van der Waals surface area contributed by atoms with Gasteiger partial charge >= 0.3 is 0 Å². The van der Waals surface area contributed by atoms with Gasteiger partial charge in [0, 0.05) is 18.3 Å². The van der Waals surface area contributed by atoms with Crippen molar-refractivity contribution < 1.29 is 0 Å². The number of hydrogen-bond donors (Lipinski definition) is 2. The number of nitrogens with two attached hydrogens (primary N) is 1. The zero-order valence-corrected chi connectivity index (χ0v) is 9.87. The second kappa shape index (κ2) is 4.78. The Balaban J connectivity index is 1.89. The first kappa shape index (κ1) is 11.3. The largest absolute Gasteiger partial charge is 0.369 e. The van der Waals surface area contributed by atoms with E-state index in [1.54, 1.807) is 6.33 Å². The van der Waals surface area contributed by atoms with E-state index in [1.807, 2.05) is 6.07 Å². The smallest absolute Gasteiger partial charge is 0.129 e. The number of rotatable bonds is 6. The minimum absolute atomic E-state index is 0.450. The van der Waals surface area contributed by atoms with Crippen LogP contribution in [-0.4, -0.2) is 23.1 Å². The van der Waals surface area contributed by atoms with E-state index in [0.717, 1.165) is 37.4 Å². The molecule has 0 radical (unpaired) electrons. The molecule has 0 saturated heterocycles. The monoisotopic (exact) mass is 220 g/mol. The number of nitrogens with zero attached hydrogens (tertiary/aromatic N) is 2. The summed E-state index contributed by atoms with van der Waals surface area (Å²) in [5.74, 6) is 0.940. The Morgan fingerprint density at radius 3 is 2.88 bits per heavy atom. The third kappa shape index (κ3) is 2.70. The van der Waals surface area contributed by atoms with Gasteiger partial charge in [0.1, 0.15) is 12.1 Å². The van der Waals surface area contributed by atoms with Crippen LogP contribution in [0.2, 0.25) is 0 Å². The van der Waals surface area contributed by atoms with E-state index in [4.69, 9.17) is 5.73 Å². The van der Waals surface area contributed by atoms with Gasteiger partial charge in [0.05, 0.1) is 0 Å². The zero-order valence-electron chi connectivity index (χ0n) is 9.87. The Morgan fingerprint density at radius 1 is 1.44 bits per heavy atom. The summed E-state index contributed by atoms with van der Waals surface area (Å²) < 4.78 is 0. The number of hydrogen-bond acceptors (Lipinski definition) is 4. The van der Waals surface area contributed by atoms with Crippen LogP contribution in [0.3, 0.4) is 0 Å². The summed E-state index contributed by atoms with van der Waals surface area (Å²) in [7, 11) is 0. The van der Waals surface area contributed by atoms with Crippen LogP contribution in [0.15, 0.2) is 12.4 Å². The molecule has 0 aromatic carbocycles. The van der Waals surface area contributed by atoms with Crippen LogP contribution in [0.5, 0.6) is 0 Å². The standard InChI is InChI=1S/C12H20N4/c1-2-10-7-11(16-9-15-10)14-8-12(3-4-12)5-6-13/h7,9H,2-6,8,13H2,1H3,(H,14,15,16). The molecule has 1 aliphatic carbocycles. The molecule has 1 aromatic heterocycles. The van der Waals surface area contributed by atoms with Gasteiger partial charge in [0.2, 0.25) is 0 Å². The molecular weight excluding hydrogens is 200 g/mol. The molecule has 1 aliphatic rings. The predicted octanol–water partition coefficient (Wildman–Crippen LogP) is 1.58. The SMILES string of the molecule is CCc1cc(NCC2(CCN)CC2)ncn1. The van der Waals surface area contributed by atoms with Gasteiger partial charge in [0.15, 0.2) is 0 Å². The molecule has 0 spiro atoms. The topological polar surface area (TPSA) is 63.8 Å². The Bertz CT molecular complexity index is 347. The number of anilines is 1. The molecule has 1 aromatic rings. The minimum Gasteiger partial charge on any atom is -0.369 e. The van der Waals surface area contributed by atoms with E-state index in [-0.39, 0.29) is 0 Å². The highest BCUT2D eigenvalue weighted by molar-refractivity contribution is 5.35. The van der Waals surface area contributed by atoms with E-state index < -0.39 is 0 Å². The Kier molecular flexibility index (Phi) is 3.39. The van der Waals surface area contributed by atoms with Gasteiger partial charge in [-0.15, -0.1) is 0 Å². The fraction of sp³-hybridized carbons (Fsp3) is 0.667. The van der Waals surface area contributed by atoms with Crippen molar-refractivity contribution in [1.82, 2.24) is 9.97 Å². The van der Waals surface area contributed by atoms with Gasteiger partial charge in [-0.2, -0.15) is 0 Å². The fourth-order valence-corrected chi connectivity index (χ4v) is 1.96. The van der Waals surface area contributed by atoms with Crippen LogP contribution < -0.4 is 11.1 Å². The fourth-order valence-electron chi connectivity index (χ4n) is 1.96. The normalized spacial score (nSPS) is 17.1. The van der Waals surface area contributed by atoms with Crippen molar-refractivity contribution in [3.8, 4) is 0 Å². The molecule has 0 atom stereocenters. The van der Waals surface area contributed by atoms with Crippen LogP contribution in [0.25, 0.3) is 0 Å². The first-order valence-electron chi connectivity index (χ1n) is 6.03. The molecule has 1 saturated carbocycles. The van der Waals surface area contributed by atoms with Crippen molar-refractivity contribution in [1.29, 1.82) is 0 Å². The van der Waals surface area contributed by atoms with Crippen molar-refractivity contribution in [3.05, 3.63) is 18.1 Å². The number of aromatic nitrogens is 2. The molecule has 4 heteroatoms. The predicted molar refractivity (Wildman–Crippen MR) is 65.2 cm³/mol. The number of aryl methyl sites for hydroxylation is 1. The molecule has 0 amide bonds. The van der Waals surface area contributed by atoms with E-state index in [9.17, 15) is 0 Å². The molecule has 3 N–H and O–H groups in total. The van der Waals surface area contributed by atoms with E-state index >= 15 is 0 Å². The van der Waals surface area contributed by atoms with E-state index in [1.165, 1.54) is 12.8 Å². The molecule has 0 bridgehead atoms. The average molecular weight is 220 g/mol. The highest BCUT2D eigenvalue weighted by atomic mass is 15.0. The Labute approximate surface area is 96.7 Å². The third-order valence-corrected chi connectivity index (χ3v) is 3.36. The van der Waals surface area contributed by atoms with Crippen molar-refractivity contribution in [2.45, 2.75) is 32.6 Å². The second-order valence-corrected chi connectivity index (χ2v) is 4.64. The van der Waals surface area contributed by atoms with Gasteiger partial charge in [-0.3, -0.25) is 0 Å². The molecule has 0 unspecified atom stereocenters. The van der Waals surface area contributed by atoms with Crippen molar-refractivity contribution in [3.63, 3.8) is 0 Å². The molecule has 88 valence electrons. The molecule has 1 fully saturated rings. The van der Waals surface area contributed by atoms with Crippen molar-refractivity contribution in [2.75, 3.05) is 18.4 Å². The maximum absolute atomic E-state index is 5.62. The van der Waals surface area contributed by atoms with Crippen LogP contribution in [0.4, 0.5) is 5.82 Å². The molecule has 2 rings (SSSR count). The first-order chi connectivity index (χ1) is 7.78. The highest BCUT2D eigenvalue weighted by Gasteiger charge is 2.41. The van der Waals surface area contributed by atoms with Gasteiger partial charge < -0.3 is 11.1 Å². The van der Waals surface area contributed by atoms with Crippen LogP contribution in [-0.2, 0) is 6.42 Å². The lowest BCUT2D eigenvalue weighted by Crippen LogP contribution is -2.19. The molecular formula is C12H20N4. The summed E-state index contributed by atoms with van der Waals surface area (Å²) in [6, 6.07) is 2.03. The van der Waals surface area contributed by atoms with Gasteiger partial charge in [-0.05, 0) is 37.6 Å². The second-order valence-electron chi connectivity index (χ2n) is 4.64. The van der Waals surface area contributed by atoms with Crippen molar-refractivity contribution >= 4 is 5.82 Å². The van der Waals surface area contributed by atoms with Gasteiger partial charge in [-0.1, -0.05) is 6.92 Å². The van der Waals surface area contributed by atoms with Crippen LogP contribution in [0.1, 0.15) is 31.9 Å². The van der Waals surface area contributed by atoms with Gasteiger partial charge in [0.25, 0.3) is 0 Å². The first-order valence-corrected chi connectivity index (χ1v) is 6.03. The molecule has 0 aliphatic heterocycles. The molecule has 1 heterocycles. The lowest BCUT2D eigenvalue weighted by Gasteiger charge is -2.15. The van der Waals surface area contributed by atoms with Crippen LogP contribution in [0, 0.1) is 5.41 Å². The quantitative estimate of drug-likeness (QED) is 0.764. The van der Waals surface area contributed by atoms with E-state index in [2.05, 4.69) is 22.2 Å². The zero-order chi connectivity index (χ0) is 11.4. The summed E-state index contributed by atoms with van der Waals surface area (Å²) in [5, 5.41) is 3.40. The lowest BCUT2D eigenvalue weighted by atomic mass is 10.0. The van der Waals surface area contributed by atoms with Crippen LogP contribution >= 0.6 is 0 Å². The van der Waals surface area contributed by atoms with Gasteiger partial charge in [-0.25, -0.2) is 9.97 Å². The summed E-state index contributed by atoms with van der Waals surface area (Å²) in [5.41, 5.74) is 7.15. The summed E-state index contributed by atoms with van der Waals surface area (Å²) in [6.07, 6.45) is 6.28. The minimum atomic E-state index is 0.450.